The number of hydrogen-bond donors (Lipinski definition) is 1. The summed E-state index contributed by atoms with van der Waals surface area (Å²) in [7, 11) is 1.62. The Morgan fingerprint density at radius 3 is 2.39 bits per heavy atom. The van der Waals surface area contributed by atoms with Gasteiger partial charge >= 0.3 is 0 Å². The monoisotopic (exact) mass is 462 g/mol. The Morgan fingerprint density at radius 2 is 1.76 bits per heavy atom. The molecule has 0 unspecified atom stereocenters. The van der Waals surface area contributed by atoms with Crippen LogP contribution in [0.4, 0.5) is 0 Å². The minimum atomic E-state index is -0.718. The fourth-order valence-corrected chi connectivity index (χ4v) is 5.07. The van der Waals surface area contributed by atoms with E-state index in [9.17, 15) is 9.59 Å². The lowest BCUT2D eigenvalue weighted by molar-refractivity contribution is -0.141. The highest BCUT2D eigenvalue weighted by Crippen LogP contribution is 2.28. The first-order chi connectivity index (χ1) is 16.1. The number of amides is 2. The number of nitrogens with zero attached hydrogens (tertiary/aromatic N) is 1. The summed E-state index contributed by atoms with van der Waals surface area (Å²) < 4.78 is 5.31. The molecular weight excluding hydrogens is 432 g/mol. The van der Waals surface area contributed by atoms with Crippen molar-refractivity contribution in [2.75, 3.05) is 7.11 Å². The van der Waals surface area contributed by atoms with Gasteiger partial charge in [0.15, 0.2) is 0 Å². The van der Waals surface area contributed by atoms with Crippen molar-refractivity contribution < 1.29 is 14.3 Å². The molecule has 1 N–H and O–H groups in total. The molecule has 6 heteroatoms. The predicted octanol–water partition coefficient (Wildman–Crippen LogP) is 5.13. The number of benzene rings is 2. The maximum Gasteiger partial charge on any atom is 0.247 e. The maximum atomic E-state index is 13.7. The van der Waals surface area contributed by atoms with E-state index in [-0.39, 0.29) is 24.3 Å². The molecule has 0 aliphatic heterocycles. The van der Waals surface area contributed by atoms with Crippen molar-refractivity contribution in [2.45, 2.75) is 50.7 Å². The molecule has 4 rings (SSSR count). The van der Waals surface area contributed by atoms with Gasteiger partial charge in [-0.1, -0.05) is 61.4 Å². The van der Waals surface area contributed by atoms with Crippen LogP contribution in [0.1, 0.15) is 47.7 Å². The quantitative estimate of drug-likeness (QED) is 0.480. The number of rotatable bonds is 9. The topological polar surface area (TPSA) is 58.6 Å². The summed E-state index contributed by atoms with van der Waals surface area (Å²) in [5, 5.41) is 5.19. The van der Waals surface area contributed by atoms with Crippen LogP contribution in [0.3, 0.4) is 0 Å². The van der Waals surface area contributed by atoms with Gasteiger partial charge in [-0.3, -0.25) is 9.59 Å². The average Bonchev–Trinajstić information content (AvgIpc) is 3.54. The van der Waals surface area contributed by atoms with Gasteiger partial charge < -0.3 is 15.0 Å². The van der Waals surface area contributed by atoms with Crippen LogP contribution in [0, 0.1) is 0 Å². The third-order valence-corrected chi connectivity index (χ3v) is 6.99. The fraction of sp³-hybridized carbons (Fsp3) is 0.333. The number of hydrogen-bond acceptors (Lipinski definition) is 4. The Bertz CT molecular complexity index is 1030. The molecule has 0 spiro atoms. The second-order valence-electron chi connectivity index (χ2n) is 8.43. The number of carbonyl (C=O) groups excluding carboxylic acids is 2. The van der Waals surface area contributed by atoms with E-state index in [4.69, 9.17) is 4.74 Å². The normalized spacial score (nSPS) is 14.6. The van der Waals surface area contributed by atoms with Crippen molar-refractivity contribution in [2.24, 2.45) is 0 Å². The summed E-state index contributed by atoms with van der Waals surface area (Å²) in [5.41, 5.74) is 1.77. The van der Waals surface area contributed by atoms with Gasteiger partial charge in [-0.2, -0.15) is 0 Å². The number of nitrogens with one attached hydrogen (secondary N) is 1. The van der Waals surface area contributed by atoms with Gasteiger partial charge in [-0.25, -0.2) is 0 Å². The number of carbonyl (C=O) groups is 2. The molecule has 0 saturated heterocycles. The highest BCUT2D eigenvalue weighted by Gasteiger charge is 2.33. The lowest BCUT2D eigenvalue weighted by atomic mass is 10.0. The van der Waals surface area contributed by atoms with Crippen LogP contribution in [-0.4, -0.2) is 29.9 Å². The van der Waals surface area contributed by atoms with Crippen molar-refractivity contribution >= 4 is 23.2 Å². The zero-order chi connectivity index (χ0) is 23.0. The van der Waals surface area contributed by atoms with Crippen molar-refractivity contribution in [1.29, 1.82) is 0 Å². The van der Waals surface area contributed by atoms with E-state index in [1.54, 1.807) is 23.3 Å². The standard InChI is InChI=1S/C27H30N2O3S/c1-32-23-15-13-21(14-16-23)26(27(31)28-22-10-5-6-11-22)29(19-20-8-3-2-4-9-20)25(30)18-24-12-7-17-33-24/h2-4,7-9,12-17,22,26H,5-6,10-11,18-19H2,1H3,(H,28,31)/t26-/m0/s1. The molecule has 1 aliphatic carbocycles. The lowest BCUT2D eigenvalue weighted by Crippen LogP contribution is -2.46. The Labute approximate surface area is 199 Å². The largest absolute Gasteiger partial charge is 0.497 e. The smallest absolute Gasteiger partial charge is 0.247 e. The summed E-state index contributed by atoms with van der Waals surface area (Å²) in [4.78, 5) is 30.0. The Kier molecular flexibility index (Phi) is 7.79. The first kappa shape index (κ1) is 23.1. The second-order valence-corrected chi connectivity index (χ2v) is 9.46. The van der Waals surface area contributed by atoms with Crippen LogP contribution in [0.25, 0.3) is 0 Å². The first-order valence-electron chi connectivity index (χ1n) is 11.4. The molecule has 0 bridgehead atoms. The van der Waals surface area contributed by atoms with Crippen molar-refractivity contribution in [3.8, 4) is 5.75 Å². The Morgan fingerprint density at radius 1 is 1.03 bits per heavy atom. The molecule has 0 radical (unpaired) electrons. The fourth-order valence-electron chi connectivity index (χ4n) is 4.38. The number of ether oxygens (including phenoxy) is 1. The molecule has 33 heavy (non-hydrogen) atoms. The SMILES string of the molecule is COc1ccc([C@@H](C(=O)NC2CCCC2)N(Cc2ccccc2)C(=O)Cc2cccs2)cc1. The maximum absolute atomic E-state index is 13.7. The molecular formula is C27H30N2O3S. The van der Waals surface area contributed by atoms with Crippen LogP contribution in [0.2, 0.25) is 0 Å². The van der Waals surface area contributed by atoms with Gasteiger partial charge in [0.25, 0.3) is 0 Å². The van der Waals surface area contributed by atoms with Crippen LogP contribution < -0.4 is 10.1 Å². The molecule has 1 fully saturated rings. The van der Waals surface area contributed by atoms with Gasteiger partial charge in [0, 0.05) is 17.5 Å². The zero-order valence-corrected chi connectivity index (χ0v) is 19.7. The van der Waals surface area contributed by atoms with E-state index in [1.807, 2.05) is 72.1 Å². The Hall–Kier alpha value is -3.12. The molecule has 172 valence electrons. The van der Waals surface area contributed by atoms with E-state index in [2.05, 4.69) is 5.32 Å². The minimum absolute atomic E-state index is 0.0660. The average molecular weight is 463 g/mol. The minimum Gasteiger partial charge on any atom is -0.497 e. The van der Waals surface area contributed by atoms with E-state index < -0.39 is 6.04 Å². The van der Waals surface area contributed by atoms with Gasteiger partial charge in [0.2, 0.25) is 11.8 Å². The van der Waals surface area contributed by atoms with Crippen molar-refractivity contribution in [1.82, 2.24) is 10.2 Å². The third-order valence-electron chi connectivity index (χ3n) is 6.11. The van der Waals surface area contributed by atoms with E-state index in [1.165, 1.54) is 0 Å². The highest BCUT2D eigenvalue weighted by atomic mass is 32.1. The molecule has 3 aromatic rings. The molecule has 1 saturated carbocycles. The van der Waals surface area contributed by atoms with Crippen molar-refractivity contribution in [3.05, 3.63) is 88.1 Å². The molecule has 2 aromatic carbocycles. The summed E-state index contributed by atoms with van der Waals surface area (Å²) in [6.45, 7) is 0.361. The van der Waals surface area contributed by atoms with Crippen molar-refractivity contribution in [3.63, 3.8) is 0 Å². The Balaban J connectivity index is 1.69. The van der Waals surface area contributed by atoms with Crippen LogP contribution in [-0.2, 0) is 22.6 Å². The molecule has 1 atom stereocenters. The van der Waals surface area contributed by atoms with Gasteiger partial charge in [-0.15, -0.1) is 11.3 Å². The predicted molar refractivity (Wildman–Crippen MR) is 131 cm³/mol. The lowest BCUT2D eigenvalue weighted by Gasteiger charge is -2.32. The van der Waals surface area contributed by atoms with E-state index >= 15 is 0 Å². The summed E-state index contributed by atoms with van der Waals surface area (Å²) in [6.07, 6.45) is 4.51. The summed E-state index contributed by atoms with van der Waals surface area (Å²) >= 11 is 1.56. The van der Waals surface area contributed by atoms with Crippen LogP contribution in [0.5, 0.6) is 5.75 Å². The van der Waals surface area contributed by atoms with E-state index in [0.29, 0.717) is 12.3 Å². The number of methoxy groups -OCH3 is 1. The molecule has 1 heterocycles. The molecule has 2 amide bonds. The van der Waals surface area contributed by atoms with Gasteiger partial charge in [0.05, 0.1) is 13.5 Å². The number of thiophene rings is 1. The second kappa shape index (κ2) is 11.1. The first-order valence-corrected chi connectivity index (χ1v) is 12.3. The van der Waals surface area contributed by atoms with Gasteiger partial charge in [0.1, 0.15) is 11.8 Å². The van der Waals surface area contributed by atoms with Gasteiger partial charge in [-0.05, 0) is 47.5 Å². The third kappa shape index (κ3) is 6.02. The van der Waals surface area contributed by atoms with Crippen LogP contribution in [0.15, 0.2) is 72.1 Å². The van der Waals surface area contributed by atoms with E-state index in [0.717, 1.165) is 41.7 Å². The highest BCUT2D eigenvalue weighted by molar-refractivity contribution is 7.10. The molecule has 1 aliphatic rings. The summed E-state index contributed by atoms with van der Waals surface area (Å²) in [6, 6.07) is 20.7. The van der Waals surface area contributed by atoms with Crippen LogP contribution >= 0.6 is 11.3 Å². The summed E-state index contributed by atoms with van der Waals surface area (Å²) in [5.74, 6) is 0.527. The molecule has 5 nitrogen and oxygen atoms in total. The molecule has 1 aromatic heterocycles. The zero-order valence-electron chi connectivity index (χ0n) is 18.9.